The molecule has 33 heavy (non-hydrogen) atoms. The van der Waals surface area contributed by atoms with Gasteiger partial charge in [0.1, 0.15) is 0 Å². The summed E-state index contributed by atoms with van der Waals surface area (Å²) in [6, 6.07) is 0.384. The van der Waals surface area contributed by atoms with Crippen LogP contribution in [0, 0.1) is 11.3 Å². The highest BCUT2D eigenvalue weighted by atomic mass is 35.5. The molecule has 5 heterocycles. The first-order valence-corrected chi connectivity index (χ1v) is 13.7. The van der Waals surface area contributed by atoms with Crippen molar-refractivity contribution in [2.75, 3.05) is 39.3 Å². The van der Waals surface area contributed by atoms with Gasteiger partial charge in [-0.1, -0.05) is 6.92 Å². The zero-order valence-corrected chi connectivity index (χ0v) is 20.8. The van der Waals surface area contributed by atoms with Gasteiger partial charge < -0.3 is 26.4 Å². The molecule has 5 aliphatic heterocycles. The Morgan fingerprint density at radius 3 is 2.82 bits per heavy atom. The van der Waals surface area contributed by atoms with Crippen molar-refractivity contribution >= 4 is 17.5 Å². The number of alkyl halides is 1. The van der Waals surface area contributed by atoms with Gasteiger partial charge in [-0.3, -0.25) is 15.0 Å². The molecule has 9 atom stereocenters. The Hall–Kier alpha value is -0.480. The summed E-state index contributed by atoms with van der Waals surface area (Å²) in [6.45, 7) is 7.82. The van der Waals surface area contributed by atoms with E-state index < -0.39 is 0 Å². The lowest BCUT2D eigenvalue weighted by molar-refractivity contribution is -0.132. The van der Waals surface area contributed by atoms with E-state index in [0.717, 1.165) is 84.2 Å². The number of halogens is 1. The Bertz CT molecular complexity index is 694. The van der Waals surface area contributed by atoms with Crippen molar-refractivity contribution in [3.8, 4) is 0 Å². The molecule has 0 aromatic carbocycles. The number of carbonyl (C=O) groups excluding carboxylic acids is 1. The summed E-state index contributed by atoms with van der Waals surface area (Å²) in [5, 5.41) is 14.0. The molecule has 8 nitrogen and oxygen atoms in total. The molecular weight excluding hydrogens is 440 g/mol. The third-order valence-electron chi connectivity index (χ3n) is 9.25. The molecule has 5 fully saturated rings. The molecule has 0 spiro atoms. The number of nitrogens with one attached hydrogen (secondary N) is 4. The number of ether oxygens (including phenoxy) is 1. The van der Waals surface area contributed by atoms with Gasteiger partial charge in [0.15, 0.2) is 0 Å². The van der Waals surface area contributed by atoms with Crippen LogP contribution in [-0.2, 0) is 9.53 Å². The van der Waals surface area contributed by atoms with Gasteiger partial charge in [0, 0.05) is 30.6 Å². The highest BCUT2D eigenvalue weighted by Crippen LogP contribution is 2.48. The Kier molecular flexibility index (Phi) is 7.52. The van der Waals surface area contributed by atoms with Crippen molar-refractivity contribution in [1.82, 2.24) is 26.2 Å². The molecular formula is C24H43ClN6O2. The van der Waals surface area contributed by atoms with Crippen LogP contribution >= 0.6 is 11.6 Å². The van der Waals surface area contributed by atoms with Crippen molar-refractivity contribution in [2.24, 2.45) is 17.1 Å². The molecule has 0 aliphatic carbocycles. The highest BCUT2D eigenvalue weighted by molar-refractivity contribution is 6.20. The molecule has 0 radical (unpaired) electrons. The zero-order valence-electron chi connectivity index (χ0n) is 20.0. The molecule has 0 aromatic heterocycles. The Morgan fingerprint density at radius 1 is 1.24 bits per heavy atom. The summed E-state index contributed by atoms with van der Waals surface area (Å²) in [7, 11) is 0. The maximum atomic E-state index is 13.8. The Balaban J connectivity index is 1.32. The molecule has 0 aromatic rings. The second kappa shape index (κ2) is 10.2. The highest BCUT2D eigenvalue weighted by Gasteiger charge is 2.54. The fourth-order valence-electron chi connectivity index (χ4n) is 7.24. The van der Waals surface area contributed by atoms with Crippen LogP contribution in [0.3, 0.4) is 0 Å². The van der Waals surface area contributed by atoms with Crippen LogP contribution in [0.25, 0.3) is 0 Å². The van der Waals surface area contributed by atoms with Gasteiger partial charge in [-0.05, 0) is 76.5 Å². The largest absolute Gasteiger partial charge is 0.373 e. The Labute approximate surface area is 203 Å². The predicted molar refractivity (Wildman–Crippen MR) is 130 cm³/mol. The van der Waals surface area contributed by atoms with E-state index in [0.29, 0.717) is 0 Å². The molecule has 188 valence electrons. The standard InChI is InChI=1S/C24H43ClN6O2/c1-2-24-6-10-31-14-15(25)11-20(24)30-22(26)21(18(31)12-24)23(32)29-17-13-28-9-5-19(17)33-16-3-7-27-8-4-16/h15-22,27-28,30H,2-14,26H2,1H3,(H,29,32). The molecule has 0 saturated carbocycles. The molecule has 5 aliphatic rings. The quantitative estimate of drug-likeness (QED) is 0.360. The van der Waals surface area contributed by atoms with Gasteiger partial charge >= 0.3 is 0 Å². The smallest absolute Gasteiger partial charge is 0.227 e. The summed E-state index contributed by atoms with van der Waals surface area (Å²) in [6.07, 6.45) is 7.17. The van der Waals surface area contributed by atoms with E-state index in [2.05, 4.69) is 33.1 Å². The summed E-state index contributed by atoms with van der Waals surface area (Å²) in [4.78, 5) is 16.3. The SMILES string of the molecule is CCC12CCN3CC(Cl)CC1NC(N)C(C(=O)NC1CNCCC1OC1CCNCC1)C3C2. The zero-order chi connectivity index (χ0) is 23.0. The molecule has 6 N–H and O–H groups in total. The third-order valence-corrected chi connectivity index (χ3v) is 9.56. The maximum Gasteiger partial charge on any atom is 0.227 e. The van der Waals surface area contributed by atoms with E-state index >= 15 is 0 Å². The topological polar surface area (TPSA) is 104 Å². The molecule has 1 amide bonds. The normalized spacial score (nSPS) is 46.4. The minimum absolute atomic E-state index is 0.0220. The molecule has 9 unspecified atom stereocenters. The number of rotatable bonds is 5. The van der Waals surface area contributed by atoms with E-state index in [1.54, 1.807) is 0 Å². The lowest BCUT2D eigenvalue weighted by atomic mass is 9.65. The van der Waals surface area contributed by atoms with Crippen LogP contribution in [0.15, 0.2) is 0 Å². The molecule has 9 heteroatoms. The van der Waals surface area contributed by atoms with Gasteiger partial charge in [-0.2, -0.15) is 0 Å². The lowest BCUT2D eigenvalue weighted by Crippen LogP contribution is -2.62. The number of piperidine rings is 3. The number of fused-ring (bicyclic) bond motifs is 4. The fourth-order valence-corrected chi connectivity index (χ4v) is 7.59. The summed E-state index contributed by atoms with van der Waals surface area (Å²) < 4.78 is 6.51. The number of hydrogen-bond donors (Lipinski definition) is 5. The third kappa shape index (κ3) is 4.95. The maximum absolute atomic E-state index is 13.8. The van der Waals surface area contributed by atoms with Gasteiger partial charge in [0.05, 0.1) is 30.3 Å². The van der Waals surface area contributed by atoms with Crippen molar-refractivity contribution in [2.45, 2.75) is 93.7 Å². The van der Waals surface area contributed by atoms with Crippen molar-refractivity contribution < 1.29 is 9.53 Å². The number of amides is 1. The van der Waals surface area contributed by atoms with Crippen LogP contribution in [0.5, 0.6) is 0 Å². The first-order chi connectivity index (χ1) is 16.0. The monoisotopic (exact) mass is 482 g/mol. The van der Waals surface area contributed by atoms with Gasteiger partial charge in [0.25, 0.3) is 0 Å². The predicted octanol–water partition coefficient (Wildman–Crippen LogP) is 0.346. The van der Waals surface area contributed by atoms with E-state index in [1.807, 2.05) is 0 Å². The van der Waals surface area contributed by atoms with E-state index in [9.17, 15) is 4.79 Å². The first-order valence-electron chi connectivity index (χ1n) is 13.3. The van der Waals surface area contributed by atoms with E-state index in [-0.39, 0.29) is 59.1 Å². The lowest BCUT2D eigenvalue weighted by Gasteiger charge is -2.52. The Morgan fingerprint density at radius 2 is 2.03 bits per heavy atom. The van der Waals surface area contributed by atoms with Crippen LogP contribution in [0.1, 0.15) is 51.9 Å². The second-order valence-electron chi connectivity index (χ2n) is 11.1. The number of nitrogens with zero attached hydrogens (tertiary/aromatic N) is 1. The number of nitrogens with two attached hydrogens (primary N) is 1. The second-order valence-corrected chi connectivity index (χ2v) is 11.7. The van der Waals surface area contributed by atoms with Crippen LogP contribution in [-0.4, -0.2) is 92.0 Å². The minimum atomic E-state index is -0.365. The fraction of sp³-hybridized carbons (Fsp3) is 0.958. The minimum Gasteiger partial charge on any atom is -0.373 e. The summed E-state index contributed by atoms with van der Waals surface area (Å²) in [5.74, 6) is -0.220. The number of carbonyl (C=O) groups is 1. The molecule has 5 rings (SSSR count). The molecule has 3 bridgehead atoms. The van der Waals surface area contributed by atoms with Crippen LogP contribution in [0.2, 0.25) is 0 Å². The average Bonchev–Trinajstić information content (AvgIpc) is 2.85. The van der Waals surface area contributed by atoms with Crippen molar-refractivity contribution in [3.05, 3.63) is 0 Å². The van der Waals surface area contributed by atoms with Crippen molar-refractivity contribution in [3.63, 3.8) is 0 Å². The number of hydrogen-bond acceptors (Lipinski definition) is 7. The molecule has 5 saturated heterocycles. The van der Waals surface area contributed by atoms with Crippen molar-refractivity contribution in [1.29, 1.82) is 0 Å². The summed E-state index contributed by atoms with van der Waals surface area (Å²) >= 11 is 6.76. The summed E-state index contributed by atoms with van der Waals surface area (Å²) in [5.41, 5.74) is 6.92. The average molecular weight is 483 g/mol. The van der Waals surface area contributed by atoms with Crippen LogP contribution < -0.4 is 27.0 Å². The van der Waals surface area contributed by atoms with Gasteiger partial charge in [0.2, 0.25) is 5.91 Å². The first kappa shape index (κ1) is 24.2. The van der Waals surface area contributed by atoms with Gasteiger partial charge in [-0.25, -0.2) is 0 Å². The van der Waals surface area contributed by atoms with Gasteiger partial charge in [-0.15, -0.1) is 11.6 Å². The van der Waals surface area contributed by atoms with Crippen LogP contribution in [0.4, 0.5) is 0 Å². The van der Waals surface area contributed by atoms with E-state index in [4.69, 9.17) is 22.1 Å². The van der Waals surface area contributed by atoms with E-state index in [1.165, 1.54) is 0 Å².